The highest BCUT2D eigenvalue weighted by molar-refractivity contribution is 5.74. The van der Waals surface area contributed by atoms with Crippen LogP contribution in [0.25, 0.3) is 0 Å². The van der Waals surface area contributed by atoms with Gasteiger partial charge in [0.25, 0.3) is 0 Å². The minimum absolute atomic E-state index is 0.0310. The first kappa shape index (κ1) is 19.7. The number of rotatable bonds is 6. The first-order valence-corrected chi connectivity index (χ1v) is 9.05. The third-order valence-corrected chi connectivity index (χ3v) is 4.74. The number of urea groups is 1. The van der Waals surface area contributed by atoms with E-state index in [1.165, 1.54) is 5.56 Å². The Bertz CT molecular complexity index is 540. The number of amides is 2. The molecule has 25 heavy (non-hydrogen) atoms. The van der Waals surface area contributed by atoms with E-state index in [0.717, 1.165) is 19.6 Å². The van der Waals surface area contributed by atoms with Crippen LogP contribution in [-0.2, 0) is 10.2 Å². The monoisotopic (exact) mass is 348 g/mol. The lowest BCUT2D eigenvalue weighted by Gasteiger charge is -2.36. The molecule has 1 aromatic heterocycles. The average molecular weight is 348 g/mol. The molecule has 2 rings (SSSR count). The van der Waals surface area contributed by atoms with Gasteiger partial charge in [-0.05, 0) is 31.5 Å². The molecule has 0 radical (unpaired) electrons. The number of nitrogens with zero attached hydrogens (tertiary/aromatic N) is 3. The Morgan fingerprint density at radius 1 is 1.32 bits per heavy atom. The van der Waals surface area contributed by atoms with Crippen molar-refractivity contribution in [1.29, 1.82) is 0 Å². The number of likely N-dealkylation sites (N-methyl/N-ethyl adjacent to an activating group) is 1. The second kappa shape index (κ2) is 8.63. The molecule has 1 N–H and O–H groups in total. The van der Waals surface area contributed by atoms with E-state index in [-0.39, 0.29) is 23.7 Å². The van der Waals surface area contributed by atoms with Gasteiger partial charge in [0.15, 0.2) is 0 Å². The number of hydrogen-bond donors (Lipinski definition) is 1. The molecule has 0 aromatic carbocycles. The molecule has 1 saturated heterocycles. The van der Waals surface area contributed by atoms with Crippen molar-refractivity contribution >= 4 is 6.03 Å². The van der Waals surface area contributed by atoms with Gasteiger partial charge in [0.1, 0.15) is 0 Å². The van der Waals surface area contributed by atoms with Crippen LogP contribution >= 0.6 is 0 Å². The molecule has 0 bridgehead atoms. The quantitative estimate of drug-likeness (QED) is 0.855. The molecular formula is C19H32N4O2. The zero-order chi connectivity index (χ0) is 18.4. The first-order chi connectivity index (χ1) is 11.8. The van der Waals surface area contributed by atoms with Crippen molar-refractivity contribution in [1.82, 2.24) is 20.1 Å². The summed E-state index contributed by atoms with van der Waals surface area (Å²) in [5.74, 6) is 0. The third kappa shape index (κ3) is 5.97. The minimum atomic E-state index is -0.130. The molecule has 1 aliphatic heterocycles. The fourth-order valence-corrected chi connectivity index (χ4v) is 3.20. The van der Waals surface area contributed by atoms with E-state index in [1.54, 1.807) is 17.3 Å². The van der Waals surface area contributed by atoms with E-state index in [4.69, 9.17) is 4.74 Å². The van der Waals surface area contributed by atoms with Gasteiger partial charge < -0.3 is 15.0 Å². The molecule has 6 heteroatoms. The Morgan fingerprint density at radius 3 is 2.52 bits per heavy atom. The fraction of sp³-hybridized carbons (Fsp3) is 0.684. The Balaban J connectivity index is 1.76. The number of hydrogen-bond acceptors (Lipinski definition) is 4. The summed E-state index contributed by atoms with van der Waals surface area (Å²) in [4.78, 5) is 20.6. The molecule has 1 aliphatic rings. The number of ether oxygens (including phenoxy) is 1. The van der Waals surface area contributed by atoms with Crippen molar-refractivity contribution in [2.75, 3.05) is 39.8 Å². The lowest BCUT2D eigenvalue weighted by atomic mass is 9.85. The highest BCUT2D eigenvalue weighted by atomic mass is 16.5. The molecule has 0 aliphatic carbocycles. The molecule has 0 saturated carbocycles. The summed E-state index contributed by atoms with van der Waals surface area (Å²) in [6, 6.07) is 3.96. The van der Waals surface area contributed by atoms with Crippen LogP contribution in [0.15, 0.2) is 24.5 Å². The van der Waals surface area contributed by atoms with Crippen LogP contribution in [0.5, 0.6) is 0 Å². The summed E-state index contributed by atoms with van der Waals surface area (Å²) >= 11 is 0. The van der Waals surface area contributed by atoms with E-state index in [0.29, 0.717) is 13.1 Å². The van der Waals surface area contributed by atoms with Crippen molar-refractivity contribution in [3.63, 3.8) is 0 Å². The van der Waals surface area contributed by atoms with Crippen LogP contribution in [-0.4, -0.2) is 72.8 Å². The highest BCUT2D eigenvalue weighted by Gasteiger charge is 2.24. The molecule has 1 aromatic rings. The Kier molecular flexibility index (Phi) is 6.79. The predicted octanol–water partition coefficient (Wildman–Crippen LogP) is 2.11. The smallest absolute Gasteiger partial charge is 0.317 e. The summed E-state index contributed by atoms with van der Waals surface area (Å²) < 4.78 is 5.75. The highest BCUT2D eigenvalue weighted by Crippen LogP contribution is 2.21. The number of aromatic nitrogens is 1. The third-order valence-electron chi connectivity index (χ3n) is 4.74. The van der Waals surface area contributed by atoms with Gasteiger partial charge in [0.2, 0.25) is 0 Å². The number of carbonyl (C=O) groups excluding carboxylic acids is 1. The SMILES string of the molecule is C[C@@H]1CN(CCN(C)C(=O)NCC(C)(C)c2ccncc2)C[C@H](C)O1. The Hall–Kier alpha value is -1.66. The van der Waals surface area contributed by atoms with Crippen molar-refractivity contribution in [2.45, 2.75) is 45.3 Å². The van der Waals surface area contributed by atoms with Crippen LogP contribution in [0, 0.1) is 0 Å². The molecule has 2 heterocycles. The standard InChI is InChI=1S/C19H32N4O2/c1-15-12-23(13-16(2)25-15)11-10-22(5)18(24)21-14-19(3,4)17-6-8-20-9-7-17/h6-9,15-16H,10-14H2,1-5H3,(H,21,24)/t15-,16+. The number of morpholine rings is 1. The van der Waals surface area contributed by atoms with Gasteiger partial charge >= 0.3 is 6.03 Å². The van der Waals surface area contributed by atoms with Gasteiger partial charge in [0.05, 0.1) is 12.2 Å². The largest absolute Gasteiger partial charge is 0.373 e. The maximum absolute atomic E-state index is 12.4. The maximum Gasteiger partial charge on any atom is 0.317 e. The predicted molar refractivity (Wildman–Crippen MR) is 99.7 cm³/mol. The first-order valence-electron chi connectivity index (χ1n) is 9.05. The van der Waals surface area contributed by atoms with E-state index >= 15 is 0 Å². The van der Waals surface area contributed by atoms with Gasteiger partial charge in [-0.1, -0.05) is 13.8 Å². The van der Waals surface area contributed by atoms with Gasteiger partial charge in [0, 0.05) is 57.6 Å². The normalized spacial score (nSPS) is 21.8. The summed E-state index contributed by atoms with van der Waals surface area (Å²) in [5, 5.41) is 3.05. The van der Waals surface area contributed by atoms with Crippen molar-refractivity contribution in [3.05, 3.63) is 30.1 Å². The molecule has 0 spiro atoms. The molecule has 2 amide bonds. The Labute approximate surface area is 151 Å². The lowest BCUT2D eigenvalue weighted by molar-refractivity contribution is -0.0684. The van der Waals surface area contributed by atoms with Crippen molar-refractivity contribution in [2.24, 2.45) is 0 Å². The average Bonchev–Trinajstić information content (AvgIpc) is 2.57. The molecule has 140 valence electrons. The summed E-state index contributed by atoms with van der Waals surface area (Å²) in [6.07, 6.45) is 4.08. The van der Waals surface area contributed by atoms with Crippen molar-refractivity contribution in [3.8, 4) is 0 Å². The number of nitrogens with one attached hydrogen (secondary N) is 1. The summed E-state index contributed by atoms with van der Waals surface area (Å²) in [5.41, 5.74) is 1.04. The van der Waals surface area contributed by atoms with E-state index in [9.17, 15) is 4.79 Å². The van der Waals surface area contributed by atoms with Gasteiger partial charge in [-0.3, -0.25) is 9.88 Å². The van der Waals surface area contributed by atoms with Crippen LogP contribution in [0.2, 0.25) is 0 Å². The van der Waals surface area contributed by atoms with Crippen LogP contribution in [0.1, 0.15) is 33.3 Å². The zero-order valence-electron chi connectivity index (χ0n) is 16.2. The molecule has 2 atom stereocenters. The summed E-state index contributed by atoms with van der Waals surface area (Å²) in [7, 11) is 1.85. The van der Waals surface area contributed by atoms with Gasteiger partial charge in [-0.15, -0.1) is 0 Å². The zero-order valence-corrected chi connectivity index (χ0v) is 16.2. The van der Waals surface area contributed by atoms with E-state index in [1.807, 2.05) is 19.2 Å². The van der Waals surface area contributed by atoms with E-state index < -0.39 is 0 Å². The Morgan fingerprint density at radius 2 is 1.92 bits per heavy atom. The second-order valence-corrected chi connectivity index (χ2v) is 7.72. The van der Waals surface area contributed by atoms with Gasteiger partial charge in [-0.25, -0.2) is 4.79 Å². The minimum Gasteiger partial charge on any atom is -0.373 e. The van der Waals surface area contributed by atoms with E-state index in [2.05, 4.69) is 42.9 Å². The lowest BCUT2D eigenvalue weighted by Crippen LogP contribution is -2.49. The summed E-state index contributed by atoms with van der Waals surface area (Å²) in [6.45, 7) is 12.5. The molecular weight excluding hydrogens is 316 g/mol. The fourth-order valence-electron chi connectivity index (χ4n) is 3.20. The molecule has 1 fully saturated rings. The van der Waals surface area contributed by atoms with Gasteiger partial charge in [-0.2, -0.15) is 0 Å². The van der Waals surface area contributed by atoms with Crippen LogP contribution < -0.4 is 5.32 Å². The van der Waals surface area contributed by atoms with Crippen molar-refractivity contribution < 1.29 is 9.53 Å². The molecule has 0 unspecified atom stereocenters. The van der Waals surface area contributed by atoms with Crippen LogP contribution in [0.3, 0.4) is 0 Å². The number of pyridine rings is 1. The number of carbonyl (C=O) groups is 1. The van der Waals surface area contributed by atoms with Crippen LogP contribution in [0.4, 0.5) is 4.79 Å². The molecule has 6 nitrogen and oxygen atoms in total. The second-order valence-electron chi connectivity index (χ2n) is 7.72. The topological polar surface area (TPSA) is 57.7 Å². The maximum atomic E-state index is 12.4.